The second kappa shape index (κ2) is 7.81. The maximum atomic E-state index is 5.81. The molecule has 0 saturated heterocycles. The number of aromatic nitrogens is 4. The molecule has 0 aliphatic heterocycles. The molecule has 2 aromatic heterocycles. The van der Waals surface area contributed by atoms with E-state index in [-0.39, 0.29) is 10.3 Å². The Morgan fingerprint density at radius 2 is 1.18 bits per heavy atom. The van der Waals surface area contributed by atoms with Gasteiger partial charge in [0.25, 0.3) is 0 Å². The van der Waals surface area contributed by atoms with Crippen LogP contribution in [-0.4, -0.2) is 33.0 Å². The zero-order valence-corrected chi connectivity index (χ0v) is 13.2. The number of nitrogens with one attached hydrogen (secondary N) is 2. The van der Waals surface area contributed by atoms with Gasteiger partial charge in [0.1, 0.15) is 24.0 Å². The molecule has 0 bridgehead atoms. The summed E-state index contributed by atoms with van der Waals surface area (Å²) in [4.78, 5) is 15.6. The van der Waals surface area contributed by atoms with Crippen molar-refractivity contribution in [2.75, 3.05) is 35.2 Å². The van der Waals surface area contributed by atoms with Crippen molar-refractivity contribution in [3.05, 3.63) is 23.0 Å². The third kappa shape index (κ3) is 4.22. The summed E-state index contributed by atoms with van der Waals surface area (Å²) in [6.07, 6.45) is 4.52. The van der Waals surface area contributed by atoms with Crippen LogP contribution < -0.4 is 22.1 Å². The van der Waals surface area contributed by atoms with Crippen molar-refractivity contribution in [2.24, 2.45) is 0 Å². The summed E-state index contributed by atoms with van der Waals surface area (Å²) >= 11 is 11.6. The van der Waals surface area contributed by atoms with E-state index in [0.717, 1.165) is 12.8 Å². The fraction of sp³-hybridized carbons (Fsp3) is 0.333. The van der Waals surface area contributed by atoms with Crippen LogP contribution in [0.25, 0.3) is 0 Å². The number of hydrogen-bond acceptors (Lipinski definition) is 8. The zero-order valence-electron chi connectivity index (χ0n) is 11.7. The molecule has 2 aromatic rings. The van der Waals surface area contributed by atoms with Gasteiger partial charge in [0, 0.05) is 13.1 Å². The van der Waals surface area contributed by atoms with E-state index in [4.69, 9.17) is 34.7 Å². The number of halogens is 2. The molecule has 0 radical (unpaired) electrons. The van der Waals surface area contributed by atoms with Gasteiger partial charge in [-0.1, -0.05) is 23.2 Å². The summed E-state index contributed by atoms with van der Waals surface area (Å²) in [6.45, 7) is 1.42. The summed E-state index contributed by atoms with van der Waals surface area (Å²) in [6, 6.07) is 0. The van der Waals surface area contributed by atoms with E-state index in [9.17, 15) is 0 Å². The molecule has 0 aliphatic rings. The molecule has 0 fully saturated rings. The lowest BCUT2D eigenvalue weighted by atomic mass is 10.3. The number of rotatable bonds is 7. The predicted octanol–water partition coefficient (Wildman–Crippen LogP) is 2.04. The van der Waals surface area contributed by atoms with Gasteiger partial charge in [0.15, 0.2) is 21.9 Å². The van der Waals surface area contributed by atoms with Gasteiger partial charge in [0.2, 0.25) is 0 Å². The van der Waals surface area contributed by atoms with Gasteiger partial charge in [0.05, 0.1) is 0 Å². The van der Waals surface area contributed by atoms with Crippen molar-refractivity contribution >= 4 is 46.2 Å². The molecule has 2 heterocycles. The van der Waals surface area contributed by atoms with E-state index < -0.39 is 0 Å². The Bertz CT molecular complexity index is 581. The lowest BCUT2D eigenvalue weighted by molar-refractivity contribution is 0.791. The molecule has 8 nitrogen and oxygen atoms in total. The van der Waals surface area contributed by atoms with Crippen LogP contribution in [-0.2, 0) is 0 Å². The lowest BCUT2D eigenvalue weighted by Crippen LogP contribution is -2.10. The summed E-state index contributed by atoms with van der Waals surface area (Å²) in [5, 5.41) is 6.72. The number of nitrogens with two attached hydrogens (primary N) is 2. The average molecular weight is 343 g/mol. The monoisotopic (exact) mass is 342 g/mol. The normalized spacial score (nSPS) is 10.5. The molecule has 0 spiro atoms. The Balaban J connectivity index is 1.70. The molecule has 0 aliphatic carbocycles. The first-order valence-electron chi connectivity index (χ1n) is 6.59. The molecular formula is C12H16Cl2N8. The Morgan fingerprint density at radius 3 is 1.59 bits per heavy atom. The minimum Gasteiger partial charge on any atom is -0.393 e. The largest absolute Gasteiger partial charge is 0.393 e. The van der Waals surface area contributed by atoms with Crippen LogP contribution >= 0.6 is 23.2 Å². The van der Waals surface area contributed by atoms with E-state index in [2.05, 4.69) is 30.6 Å². The maximum Gasteiger partial charge on any atom is 0.157 e. The third-order valence-electron chi connectivity index (χ3n) is 2.86. The van der Waals surface area contributed by atoms with Crippen molar-refractivity contribution in [3.8, 4) is 0 Å². The Morgan fingerprint density at radius 1 is 0.773 bits per heavy atom. The molecule has 2 rings (SSSR count). The molecule has 0 atom stereocenters. The average Bonchev–Trinajstić information content (AvgIpc) is 2.51. The number of nitrogens with zero attached hydrogens (tertiary/aromatic N) is 4. The minimum atomic E-state index is 0.246. The molecule has 22 heavy (non-hydrogen) atoms. The fourth-order valence-electron chi connectivity index (χ4n) is 1.69. The van der Waals surface area contributed by atoms with Crippen LogP contribution in [0.1, 0.15) is 12.8 Å². The van der Waals surface area contributed by atoms with E-state index in [0.29, 0.717) is 36.1 Å². The lowest BCUT2D eigenvalue weighted by Gasteiger charge is -2.10. The maximum absolute atomic E-state index is 5.81. The van der Waals surface area contributed by atoms with Crippen molar-refractivity contribution in [1.29, 1.82) is 0 Å². The number of nitrogen functional groups attached to an aromatic ring is 2. The first-order valence-corrected chi connectivity index (χ1v) is 7.35. The predicted molar refractivity (Wildman–Crippen MR) is 89.1 cm³/mol. The summed E-state index contributed by atoms with van der Waals surface area (Å²) < 4.78 is 0. The van der Waals surface area contributed by atoms with Crippen molar-refractivity contribution in [1.82, 2.24) is 19.9 Å². The van der Waals surface area contributed by atoms with Crippen molar-refractivity contribution in [2.45, 2.75) is 12.8 Å². The van der Waals surface area contributed by atoms with Gasteiger partial charge in [-0.25, -0.2) is 19.9 Å². The van der Waals surface area contributed by atoms with Crippen LogP contribution in [0, 0.1) is 0 Å². The van der Waals surface area contributed by atoms with Crippen molar-refractivity contribution < 1.29 is 0 Å². The summed E-state index contributed by atoms with van der Waals surface area (Å²) in [7, 11) is 0. The standard InChI is InChI=1S/C12H16Cl2N8/c13-9-7(15)11(21-5-19-9)17-3-1-2-4-18-12-8(16)10(14)20-6-22-12/h5-6H,1-4,15-16H2,(H,17,19,21)(H,18,20,22). The van der Waals surface area contributed by atoms with E-state index in [1.807, 2.05) is 0 Å². The summed E-state index contributed by atoms with van der Waals surface area (Å²) in [5.74, 6) is 1.08. The molecule has 0 amide bonds. The first kappa shape index (κ1) is 16.3. The van der Waals surface area contributed by atoms with Gasteiger partial charge < -0.3 is 22.1 Å². The second-order valence-electron chi connectivity index (χ2n) is 4.41. The number of hydrogen-bond donors (Lipinski definition) is 4. The van der Waals surface area contributed by atoms with Gasteiger partial charge >= 0.3 is 0 Å². The highest BCUT2D eigenvalue weighted by Gasteiger charge is 2.06. The highest BCUT2D eigenvalue weighted by atomic mass is 35.5. The van der Waals surface area contributed by atoms with Gasteiger partial charge in [-0.15, -0.1) is 0 Å². The minimum absolute atomic E-state index is 0.246. The number of anilines is 4. The van der Waals surface area contributed by atoms with Crippen LogP contribution in [0.2, 0.25) is 10.3 Å². The highest BCUT2D eigenvalue weighted by Crippen LogP contribution is 2.22. The molecule has 0 aromatic carbocycles. The van der Waals surface area contributed by atoms with Crippen LogP contribution in [0.4, 0.5) is 23.0 Å². The third-order valence-corrected chi connectivity index (χ3v) is 3.46. The molecule has 10 heteroatoms. The van der Waals surface area contributed by atoms with Crippen molar-refractivity contribution in [3.63, 3.8) is 0 Å². The molecule has 0 saturated carbocycles. The zero-order chi connectivity index (χ0) is 15.9. The number of unbranched alkanes of at least 4 members (excludes halogenated alkanes) is 1. The molecule has 6 N–H and O–H groups in total. The topological polar surface area (TPSA) is 128 Å². The smallest absolute Gasteiger partial charge is 0.157 e. The summed E-state index contributed by atoms with van der Waals surface area (Å²) in [5.41, 5.74) is 12.2. The van der Waals surface area contributed by atoms with E-state index >= 15 is 0 Å². The van der Waals surface area contributed by atoms with E-state index in [1.165, 1.54) is 12.7 Å². The quantitative estimate of drug-likeness (QED) is 0.444. The van der Waals surface area contributed by atoms with Gasteiger partial charge in [-0.2, -0.15) is 0 Å². The van der Waals surface area contributed by atoms with Crippen LogP contribution in [0.5, 0.6) is 0 Å². The molecular weight excluding hydrogens is 327 g/mol. The highest BCUT2D eigenvalue weighted by molar-refractivity contribution is 6.32. The SMILES string of the molecule is Nc1c(Cl)ncnc1NCCCCNc1ncnc(Cl)c1N. The first-order chi connectivity index (χ1) is 10.6. The van der Waals surface area contributed by atoms with E-state index in [1.54, 1.807) is 0 Å². The molecule has 118 valence electrons. The van der Waals surface area contributed by atoms with Gasteiger partial charge in [-0.05, 0) is 12.8 Å². The second-order valence-corrected chi connectivity index (χ2v) is 5.13. The Labute approximate surface area is 137 Å². The Hall–Kier alpha value is -2.06. The fourth-order valence-corrected chi connectivity index (χ4v) is 1.96. The van der Waals surface area contributed by atoms with Crippen LogP contribution in [0.15, 0.2) is 12.7 Å². The van der Waals surface area contributed by atoms with Crippen LogP contribution in [0.3, 0.4) is 0 Å². The molecule has 0 unspecified atom stereocenters. The Kier molecular flexibility index (Phi) is 5.79. The van der Waals surface area contributed by atoms with Gasteiger partial charge in [-0.3, -0.25) is 0 Å².